The van der Waals surface area contributed by atoms with Gasteiger partial charge in [0.15, 0.2) is 0 Å². The number of esters is 1. The summed E-state index contributed by atoms with van der Waals surface area (Å²) in [5.41, 5.74) is 6.53. The summed E-state index contributed by atoms with van der Waals surface area (Å²) in [6, 6.07) is 4.37. The molecule has 0 heterocycles. The summed E-state index contributed by atoms with van der Waals surface area (Å²) in [7, 11) is 1.31. The van der Waals surface area contributed by atoms with Gasteiger partial charge in [0.2, 0.25) is 0 Å². The van der Waals surface area contributed by atoms with Crippen LogP contribution in [0.1, 0.15) is 10.4 Å². The van der Waals surface area contributed by atoms with Crippen molar-refractivity contribution in [3.8, 4) is 0 Å². The number of nitrogens with one attached hydrogen (secondary N) is 1. The first-order chi connectivity index (χ1) is 8.08. The molecular weight excluding hydrogens is 244 g/mol. The number of methoxy groups -OCH3 is 1. The average Bonchev–Trinajstić information content (AvgIpc) is 2.36. The maximum atomic E-state index is 11.3. The Morgan fingerprint density at radius 3 is 2.94 bits per heavy atom. The molecule has 0 saturated carbocycles. The summed E-state index contributed by atoms with van der Waals surface area (Å²) < 4.78 is 4.60. The maximum absolute atomic E-state index is 11.3. The zero-order chi connectivity index (χ0) is 12.8. The van der Waals surface area contributed by atoms with Crippen LogP contribution in [0.5, 0.6) is 0 Å². The van der Waals surface area contributed by atoms with Gasteiger partial charge in [-0.15, -0.1) is 0 Å². The van der Waals surface area contributed by atoms with Crippen LogP contribution in [0.25, 0.3) is 0 Å². The van der Waals surface area contributed by atoms with Crippen LogP contribution in [-0.2, 0) is 4.74 Å². The van der Waals surface area contributed by atoms with E-state index in [4.69, 9.17) is 22.4 Å². The predicted octanol–water partition coefficient (Wildman–Crippen LogP) is 0.858. The highest BCUT2D eigenvalue weighted by molar-refractivity contribution is 6.33. The van der Waals surface area contributed by atoms with E-state index in [0.717, 1.165) is 0 Å². The zero-order valence-electron chi connectivity index (χ0n) is 9.44. The third-order valence-corrected chi connectivity index (χ3v) is 2.51. The molecule has 0 spiro atoms. The van der Waals surface area contributed by atoms with Gasteiger partial charge in [0, 0.05) is 12.6 Å². The average molecular weight is 259 g/mol. The standard InChI is InChI=1S/C11H15ClN2O3/c1-17-11(16)7-2-3-9(12)10(4-7)14-5-8(13)6-15/h2-4,8,14-15H,5-6,13H2,1H3. The second kappa shape index (κ2) is 6.44. The Hall–Kier alpha value is -1.30. The molecular formula is C11H15ClN2O3. The van der Waals surface area contributed by atoms with E-state index in [0.29, 0.717) is 22.8 Å². The van der Waals surface area contributed by atoms with E-state index in [1.54, 1.807) is 18.2 Å². The summed E-state index contributed by atoms with van der Waals surface area (Å²) >= 11 is 5.95. The third kappa shape index (κ3) is 3.89. The molecule has 0 saturated heterocycles. The molecule has 1 aromatic carbocycles. The summed E-state index contributed by atoms with van der Waals surface area (Å²) in [5, 5.41) is 12.2. The van der Waals surface area contributed by atoms with Gasteiger partial charge in [0.05, 0.1) is 30.0 Å². The van der Waals surface area contributed by atoms with Crippen molar-refractivity contribution in [2.24, 2.45) is 5.73 Å². The van der Waals surface area contributed by atoms with Gasteiger partial charge < -0.3 is 20.9 Å². The van der Waals surface area contributed by atoms with Crippen LogP contribution in [-0.4, -0.2) is 37.4 Å². The fourth-order valence-electron chi connectivity index (χ4n) is 1.21. The molecule has 17 heavy (non-hydrogen) atoms. The lowest BCUT2D eigenvalue weighted by Gasteiger charge is -2.13. The molecule has 0 fully saturated rings. The number of rotatable bonds is 5. The minimum Gasteiger partial charge on any atom is -0.465 e. The zero-order valence-corrected chi connectivity index (χ0v) is 10.2. The number of carbonyl (C=O) groups is 1. The van der Waals surface area contributed by atoms with E-state index in [1.807, 2.05) is 0 Å². The van der Waals surface area contributed by atoms with Crippen molar-refractivity contribution < 1.29 is 14.6 Å². The number of anilines is 1. The third-order valence-electron chi connectivity index (χ3n) is 2.18. The second-order valence-corrected chi connectivity index (χ2v) is 3.92. The molecule has 1 unspecified atom stereocenters. The summed E-state index contributed by atoms with van der Waals surface area (Å²) in [6.07, 6.45) is 0. The Morgan fingerprint density at radius 2 is 2.35 bits per heavy atom. The Kier molecular flexibility index (Phi) is 5.21. The van der Waals surface area contributed by atoms with Crippen molar-refractivity contribution >= 4 is 23.3 Å². The van der Waals surface area contributed by atoms with Crippen molar-refractivity contribution in [1.29, 1.82) is 0 Å². The van der Waals surface area contributed by atoms with E-state index < -0.39 is 5.97 Å². The van der Waals surface area contributed by atoms with Crippen LogP contribution < -0.4 is 11.1 Å². The molecule has 0 radical (unpaired) electrons. The molecule has 1 atom stereocenters. The highest BCUT2D eigenvalue weighted by Gasteiger charge is 2.09. The first kappa shape index (κ1) is 13.8. The maximum Gasteiger partial charge on any atom is 0.337 e. The molecule has 6 heteroatoms. The number of hydrogen-bond donors (Lipinski definition) is 3. The van der Waals surface area contributed by atoms with Gasteiger partial charge in [-0.3, -0.25) is 0 Å². The van der Waals surface area contributed by atoms with Gasteiger partial charge in [-0.2, -0.15) is 0 Å². The minimum atomic E-state index is -0.434. The molecule has 1 aromatic rings. The van der Waals surface area contributed by atoms with E-state index in [2.05, 4.69) is 10.1 Å². The Morgan fingerprint density at radius 1 is 1.65 bits per heavy atom. The molecule has 0 aliphatic carbocycles. The lowest BCUT2D eigenvalue weighted by Crippen LogP contribution is -2.32. The molecule has 0 aromatic heterocycles. The van der Waals surface area contributed by atoms with Gasteiger partial charge in [0.1, 0.15) is 0 Å². The van der Waals surface area contributed by atoms with E-state index in [9.17, 15) is 4.79 Å². The van der Waals surface area contributed by atoms with Crippen LogP contribution >= 0.6 is 11.6 Å². The molecule has 94 valence electrons. The second-order valence-electron chi connectivity index (χ2n) is 3.51. The van der Waals surface area contributed by atoms with Crippen LogP contribution in [0.4, 0.5) is 5.69 Å². The number of aliphatic hydroxyl groups excluding tert-OH is 1. The number of ether oxygens (including phenoxy) is 1. The van der Waals surface area contributed by atoms with Crippen LogP contribution in [0.2, 0.25) is 5.02 Å². The number of hydrogen-bond acceptors (Lipinski definition) is 5. The summed E-state index contributed by atoms with van der Waals surface area (Å²) in [5.74, 6) is -0.434. The lowest BCUT2D eigenvalue weighted by molar-refractivity contribution is 0.0601. The minimum absolute atomic E-state index is 0.124. The number of aliphatic hydroxyl groups is 1. The fraction of sp³-hybridized carbons (Fsp3) is 0.364. The molecule has 1 rings (SSSR count). The van der Waals surface area contributed by atoms with E-state index in [-0.39, 0.29) is 12.6 Å². The first-order valence-corrected chi connectivity index (χ1v) is 5.44. The number of halogens is 1. The largest absolute Gasteiger partial charge is 0.465 e. The van der Waals surface area contributed by atoms with Gasteiger partial charge in [-0.1, -0.05) is 11.6 Å². The van der Waals surface area contributed by atoms with Crippen LogP contribution in [0.15, 0.2) is 18.2 Å². The van der Waals surface area contributed by atoms with Crippen molar-refractivity contribution in [3.05, 3.63) is 28.8 Å². The summed E-state index contributed by atoms with van der Waals surface area (Å²) in [4.78, 5) is 11.3. The first-order valence-electron chi connectivity index (χ1n) is 5.06. The summed E-state index contributed by atoms with van der Waals surface area (Å²) in [6.45, 7) is 0.238. The van der Waals surface area contributed by atoms with E-state index >= 15 is 0 Å². The van der Waals surface area contributed by atoms with Crippen molar-refractivity contribution in [2.75, 3.05) is 25.6 Å². The Balaban J connectivity index is 2.80. The SMILES string of the molecule is COC(=O)c1ccc(Cl)c(NCC(N)CO)c1. The smallest absolute Gasteiger partial charge is 0.337 e. The van der Waals surface area contributed by atoms with E-state index in [1.165, 1.54) is 7.11 Å². The molecule has 5 nitrogen and oxygen atoms in total. The Bertz CT molecular complexity index is 398. The normalized spacial score (nSPS) is 12.0. The van der Waals surface area contributed by atoms with Crippen LogP contribution in [0.3, 0.4) is 0 Å². The Labute approximate surface area is 105 Å². The lowest BCUT2D eigenvalue weighted by atomic mass is 10.2. The van der Waals surface area contributed by atoms with Crippen molar-refractivity contribution in [3.63, 3.8) is 0 Å². The number of nitrogens with two attached hydrogens (primary N) is 1. The number of carbonyl (C=O) groups excluding carboxylic acids is 1. The number of benzene rings is 1. The van der Waals surface area contributed by atoms with Gasteiger partial charge in [-0.25, -0.2) is 4.79 Å². The monoisotopic (exact) mass is 258 g/mol. The predicted molar refractivity (Wildman–Crippen MR) is 66.3 cm³/mol. The quantitative estimate of drug-likeness (QED) is 0.682. The van der Waals surface area contributed by atoms with Gasteiger partial charge in [0.25, 0.3) is 0 Å². The van der Waals surface area contributed by atoms with Crippen LogP contribution in [0, 0.1) is 0 Å². The van der Waals surface area contributed by atoms with Gasteiger partial charge in [-0.05, 0) is 18.2 Å². The highest BCUT2D eigenvalue weighted by atomic mass is 35.5. The fourth-order valence-corrected chi connectivity index (χ4v) is 1.40. The van der Waals surface area contributed by atoms with Gasteiger partial charge >= 0.3 is 5.97 Å². The molecule has 0 aliphatic rings. The van der Waals surface area contributed by atoms with Crippen molar-refractivity contribution in [2.45, 2.75) is 6.04 Å². The van der Waals surface area contributed by atoms with Crippen molar-refractivity contribution in [1.82, 2.24) is 0 Å². The highest BCUT2D eigenvalue weighted by Crippen LogP contribution is 2.23. The topological polar surface area (TPSA) is 84.6 Å². The molecule has 0 bridgehead atoms. The molecule has 4 N–H and O–H groups in total. The molecule has 0 aliphatic heterocycles. The molecule has 0 amide bonds.